The number of aliphatic carboxylic acids is 4. The Kier molecular flexibility index (Phi) is 23.6. The molecule has 8 nitrogen and oxygen atoms in total. The summed E-state index contributed by atoms with van der Waals surface area (Å²) in [6.07, 6.45) is -2.00. The molecule has 0 saturated heterocycles. The fraction of sp³-hybridized carbons (Fsp3) is 0.556. The van der Waals surface area contributed by atoms with E-state index in [4.69, 9.17) is 20.4 Å². The number of hydrogen-bond donors (Lipinski definition) is 4. The van der Waals surface area contributed by atoms with Gasteiger partial charge in [0.15, 0.2) is 0 Å². The minimum absolute atomic E-state index is 0. The minimum atomic E-state index is -1.45. The molecule has 0 radical (unpaired) electrons. The van der Waals surface area contributed by atoms with E-state index in [1.807, 2.05) is 0 Å². The Balaban J connectivity index is -0.000000213. The van der Waals surface area contributed by atoms with Crippen LogP contribution in [0.15, 0.2) is 0 Å². The van der Waals surface area contributed by atoms with Crippen LogP contribution in [0.4, 0.5) is 0 Å². The monoisotopic (exact) mass is 392 g/mol. The maximum Gasteiger partial charge on any atom is 0.307 e. The first kappa shape index (κ1) is 32.1. The maximum atomic E-state index is 10.7. The Morgan fingerprint density at radius 1 is 0.619 bits per heavy atom. The predicted octanol–water partition coefficient (Wildman–Crippen LogP) is 1.41. The molecule has 12 heteroatoms. The quantitative estimate of drug-likeness (QED) is 0.483. The SMILES string of the molecule is Cl.Cl.Cl.Cl.O=C(O)CC(CC(CC(=O)O)C(=O)O)C(=O)O. The van der Waals surface area contributed by atoms with Crippen LogP contribution >= 0.6 is 49.6 Å². The molecule has 21 heavy (non-hydrogen) atoms. The van der Waals surface area contributed by atoms with Gasteiger partial charge in [-0.1, -0.05) is 0 Å². The Hall–Kier alpha value is -0.960. The molecule has 0 aliphatic heterocycles. The zero-order valence-corrected chi connectivity index (χ0v) is 13.6. The molecule has 128 valence electrons. The van der Waals surface area contributed by atoms with Crippen molar-refractivity contribution in [1.29, 1.82) is 0 Å². The summed E-state index contributed by atoms with van der Waals surface area (Å²) in [5, 5.41) is 34.2. The highest BCUT2D eigenvalue weighted by Crippen LogP contribution is 2.19. The van der Waals surface area contributed by atoms with Gasteiger partial charge in [-0.25, -0.2) is 0 Å². The van der Waals surface area contributed by atoms with Crippen molar-refractivity contribution in [2.75, 3.05) is 0 Å². The van der Waals surface area contributed by atoms with Gasteiger partial charge in [0.1, 0.15) is 0 Å². The topological polar surface area (TPSA) is 149 Å². The average molecular weight is 394 g/mol. The van der Waals surface area contributed by atoms with Crippen molar-refractivity contribution < 1.29 is 39.6 Å². The molecular weight excluding hydrogens is 378 g/mol. The second-order valence-corrected chi connectivity index (χ2v) is 3.50. The lowest BCUT2D eigenvalue weighted by Gasteiger charge is -2.14. The van der Waals surface area contributed by atoms with Crippen LogP contribution in [0.1, 0.15) is 19.3 Å². The van der Waals surface area contributed by atoms with Gasteiger partial charge < -0.3 is 20.4 Å². The van der Waals surface area contributed by atoms with Gasteiger partial charge in [0, 0.05) is 0 Å². The van der Waals surface area contributed by atoms with Crippen molar-refractivity contribution in [2.24, 2.45) is 11.8 Å². The van der Waals surface area contributed by atoms with Crippen molar-refractivity contribution in [3.05, 3.63) is 0 Å². The van der Waals surface area contributed by atoms with Crippen LogP contribution in [0.25, 0.3) is 0 Å². The van der Waals surface area contributed by atoms with E-state index in [1.54, 1.807) is 0 Å². The van der Waals surface area contributed by atoms with Gasteiger partial charge in [-0.2, -0.15) is 0 Å². The van der Waals surface area contributed by atoms with Crippen LogP contribution in [-0.2, 0) is 19.2 Å². The van der Waals surface area contributed by atoms with Crippen molar-refractivity contribution in [2.45, 2.75) is 19.3 Å². The van der Waals surface area contributed by atoms with Gasteiger partial charge >= 0.3 is 23.9 Å². The highest BCUT2D eigenvalue weighted by molar-refractivity contribution is 5.86. The molecule has 0 heterocycles. The van der Waals surface area contributed by atoms with E-state index in [2.05, 4.69) is 0 Å². The van der Waals surface area contributed by atoms with Gasteiger partial charge in [-0.3, -0.25) is 19.2 Å². The van der Waals surface area contributed by atoms with Crippen LogP contribution < -0.4 is 0 Å². The standard InChI is InChI=1S/C9H12O8.4ClH/c10-6(11)2-4(8(14)15)1-5(9(16)17)3-7(12)13;;;;/h4-5H,1-3H2,(H,10,11)(H,12,13)(H,14,15)(H,16,17);4*1H. The third-order valence-electron chi connectivity index (χ3n) is 2.11. The highest BCUT2D eigenvalue weighted by Gasteiger charge is 2.30. The minimum Gasteiger partial charge on any atom is -0.481 e. The number of rotatable bonds is 8. The second-order valence-electron chi connectivity index (χ2n) is 3.50. The number of hydrogen-bond acceptors (Lipinski definition) is 4. The molecule has 0 saturated carbocycles. The highest BCUT2D eigenvalue weighted by atomic mass is 35.5. The number of carboxylic acids is 4. The average Bonchev–Trinajstić information content (AvgIpc) is 2.13. The molecule has 0 spiro atoms. The molecule has 0 amide bonds. The fourth-order valence-electron chi connectivity index (χ4n) is 1.31. The molecule has 0 fully saturated rings. The molecule has 0 aromatic heterocycles. The Morgan fingerprint density at radius 2 is 0.857 bits per heavy atom. The van der Waals surface area contributed by atoms with Gasteiger partial charge in [-0.05, 0) is 6.42 Å². The first-order valence-electron chi connectivity index (χ1n) is 4.63. The number of halogens is 4. The molecule has 0 aliphatic carbocycles. The third kappa shape index (κ3) is 15.3. The lowest BCUT2D eigenvalue weighted by Crippen LogP contribution is -2.26. The van der Waals surface area contributed by atoms with E-state index in [0.29, 0.717) is 0 Å². The summed E-state index contributed by atoms with van der Waals surface area (Å²) in [5.41, 5.74) is 0. The van der Waals surface area contributed by atoms with E-state index in [0.717, 1.165) is 0 Å². The lowest BCUT2D eigenvalue weighted by atomic mass is 9.90. The van der Waals surface area contributed by atoms with Crippen LogP contribution in [0.3, 0.4) is 0 Å². The molecule has 2 unspecified atom stereocenters. The summed E-state index contributed by atoms with van der Waals surface area (Å²) in [6.45, 7) is 0. The fourth-order valence-corrected chi connectivity index (χ4v) is 1.31. The van der Waals surface area contributed by atoms with Crippen molar-refractivity contribution >= 4 is 73.5 Å². The zero-order valence-electron chi connectivity index (χ0n) is 10.3. The molecular formula is C9H16Cl4O8. The van der Waals surface area contributed by atoms with E-state index < -0.39 is 55.0 Å². The van der Waals surface area contributed by atoms with Crippen LogP contribution in [0, 0.1) is 11.8 Å². The molecule has 0 aromatic rings. The Labute approximate surface area is 144 Å². The Morgan fingerprint density at radius 3 is 1.00 bits per heavy atom. The van der Waals surface area contributed by atoms with Crippen molar-refractivity contribution in [3.63, 3.8) is 0 Å². The molecule has 0 aliphatic rings. The third-order valence-corrected chi connectivity index (χ3v) is 2.11. The smallest absolute Gasteiger partial charge is 0.307 e. The van der Waals surface area contributed by atoms with E-state index in [9.17, 15) is 19.2 Å². The summed E-state index contributed by atoms with van der Waals surface area (Å²) in [7, 11) is 0. The normalized spacial score (nSPS) is 11.0. The first-order chi connectivity index (χ1) is 7.73. The van der Waals surface area contributed by atoms with E-state index >= 15 is 0 Å². The van der Waals surface area contributed by atoms with Crippen LogP contribution in [-0.4, -0.2) is 44.3 Å². The van der Waals surface area contributed by atoms with Crippen LogP contribution in [0.5, 0.6) is 0 Å². The molecule has 2 atom stereocenters. The summed E-state index contributed by atoms with van der Waals surface area (Å²) >= 11 is 0. The molecule has 4 N–H and O–H groups in total. The van der Waals surface area contributed by atoms with Crippen molar-refractivity contribution in [1.82, 2.24) is 0 Å². The predicted molar refractivity (Wildman–Crippen MR) is 80.4 cm³/mol. The molecule has 0 bridgehead atoms. The number of carbonyl (C=O) groups is 4. The van der Waals surface area contributed by atoms with Gasteiger partial charge in [-0.15, -0.1) is 49.6 Å². The van der Waals surface area contributed by atoms with Gasteiger partial charge in [0.05, 0.1) is 24.7 Å². The molecule has 0 aromatic carbocycles. The summed E-state index contributed by atoms with van der Waals surface area (Å²) < 4.78 is 0. The van der Waals surface area contributed by atoms with E-state index in [1.165, 1.54) is 0 Å². The Bertz CT molecular complexity index is 317. The first-order valence-corrected chi connectivity index (χ1v) is 4.63. The lowest BCUT2D eigenvalue weighted by molar-refractivity contribution is -0.153. The van der Waals surface area contributed by atoms with Crippen LogP contribution in [0.2, 0.25) is 0 Å². The summed E-state index contributed by atoms with van der Waals surface area (Å²) in [5.74, 6) is -8.48. The summed E-state index contributed by atoms with van der Waals surface area (Å²) in [4.78, 5) is 42.1. The second kappa shape index (κ2) is 15.4. The van der Waals surface area contributed by atoms with E-state index in [-0.39, 0.29) is 49.6 Å². The number of carboxylic acid groups (broad SMARTS) is 4. The summed E-state index contributed by atoms with van der Waals surface area (Å²) in [6, 6.07) is 0. The van der Waals surface area contributed by atoms with Gasteiger partial charge in [0.2, 0.25) is 0 Å². The van der Waals surface area contributed by atoms with Crippen molar-refractivity contribution in [3.8, 4) is 0 Å². The van der Waals surface area contributed by atoms with Gasteiger partial charge in [0.25, 0.3) is 0 Å². The largest absolute Gasteiger partial charge is 0.481 e. The maximum absolute atomic E-state index is 10.7. The zero-order chi connectivity index (χ0) is 13.6. The molecule has 0 rings (SSSR count).